The Morgan fingerprint density at radius 2 is 2.00 bits per heavy atom. The lowest BCUT2D eigenvalue weighted by Gasteiger charge is -2.40. The molecule has 19 heavy (non-hydrogen) atoms. The van der Waals surface area contributed by atoms with E-state index < -0.39 is 11.4 Å². The Morgan fingerprint density at radius 3 is 2.47 bits per heavy atom. The number of carboxylic acid groups (broad SMARTS) is 1. The van der Waals surface area contributed by atoms with E-state index in [1.54, 1.807) is 0 Å². The van der Waals surface area contributed by atoms with Crippen LogP contribution in [-0.4, -0.2) is 29.6 Å². The first-order valence-corrected chi connectivity index (χ1v) is 6.91. The second-order valence-electron chi connectivity index (χ2n) is 6.03. The normalized spacial score (nSPS) is 17.3. The molecule has 1 aromatic rings. The number of rotatable bonds is 5. The lowest BCUT2D eigenvalue weighted by molar-refractivity contribution is -0.156. The minimum atomic E-state index is -0.634. The van der Waals surface area contributed by atoms with E-state index in [2.05, 4.69) is 36.9 Å². The molecule has 1 aromatic carbocycles. The van der Waals surface area contributed by atoms with Crippen LogP contribution in [0.1, 0.15) is 36.0 Å². The van der Waals surface area contributed by atoms with E-state index in [1.807, 2.05) is 7.05 Å². The molecule has 1 aliphatic carbocycles. The molecule has 0 saturated heterocycles. The van der Waals surface area contributed by atoms with Crippen LogP contribution in [0.25, 0.3) is 0 Å². The highest BCUT2D eigenvalue weighted by molar-refractivity contribution is 5.76. The van der Waals surface area contributed by atoms with Crippen molar-refractivity contribution in [3.8, 4) is 0 Å². The molecule has 3 nitrogen and oxygen atoms in total. The smallest absolute Gasteiger partial charge is 0.310 e. The predicted molar refractivity (Wildman–Crippen MR) is 76.2 cm³/mol. The molecular weight excluding hydrogens is 238 g/mol. The molecule has 3 heteroatoms. The summed E-state index contributed by atoms with van der Waals surface area (Å²) in [5.41, 5.74) is 3.36. The van der Waals surface area contributed by atoms with E-state index in [9.17, 15) is 9.90 Å². The molecule has 0 unspecified atom stereocenters. The molecule has 1 saturated carbocycles. The Kier molecular flexibility index (Phi) is 3.95. The Morgan fingerprint density at radius 1 is 1.32 bits per heavy atom. The summed E-state index contributed by atoms with van der Waals surface area (Å²) >= 11 is 0. The molecule has 0 bridgehead atoms. The van der Waals surface area contributed by atoms with Crippen LogP contribution < -0.4 is 0 Å². The van der Waals surface area contributed by atoms with Gasteiger partial charge in [-0.25, -0.2) is 0 Å². The zero-order valence-electron chi connectivity index (χ0n) is 12.1. The second kappa shape index (κ2) is 5.33. The molecule has 0 heterocycles. The first kappa shape index (κ1) is 14.1. The molecule has 0 amide bonds. The topological polar surface area (TPSA) is 40.5 Å². The third-order valence-electron chi connectivity index (χ3n) is 4.36. The third kappa shape index (κ3) is 2.98. The van der Waals surface area contributed by atoms with Crippen LogP contribution >= 0.6 is 0 Å². The molecule has 0 aliphatic heterocycles. The molecule has 0 spiro atoms. The summed E-state index contributed by atoms with van der Waals surface area (Å²) in [4.78, 5) is 13.5. The molecule has 104 valence electrons. The molecule has 1 fully saturated rings. The Labute approximate surface area is 115 Å². The third-order valence-corrected chi connectivity index (χ3v) is 4.36. The highest BCUT2D eigenvalue weighted by Crippen LogP contribution is 2.41. The summed E-state index contributed by atoms with van der Waals surface area (Å²) in [6.07, 6.45) is 2.68. The van der Waals surface area contributed by atoms with Crippen molar-refractivity contribution in [1.29, 1.82) is 0 Å². The van der Waals surface area contributed by atoms with E-state index >= 15 is 0 Å². The summed E-state index contributed by atoms with van der Waals surface area (Å²) < 4.78 is 0. The van der Waals surface area contributed by atoms with E-state index in [0.717, 1.165) is 25.8 Å². The van der Waals surface area contributed by atoms with Gasteiger partial charge in [-0.15, -0.1) is 0 Å². The molecule has 0 aromatic heterocycles. The van der Waals surface area contributed by atoms with Crippen LogP contribution in [-0.2, 0) is 11.3 Å². The maximum absolute atomic E-state index is 11.4. The van der Waals surface area contributed by atoms with Gasteiger partial charge < -0.3 is 10.0 Å². The van der Waals surface area contributed by atoms with Crippen LogP contribution in [0.5, 0.6) is 0 Å². The quantitative estimate of drug-likeness (QED) is 0.885. The zero-order valence-corrected chi connectivity index (χ0v) is 12.1. The van der Waals surface area contributed by atoms with Gasteiger partial charge in [0.1, 0.15) is 0 Å². The largest absolute Gasteiger partial charge is 0.481 e. The van der Waals surface area contributed by atoms with Crippen molar-refractivity contribution in [2.24, 2.45) is 5.41 Å². The number of carbonyl (C=O) groups is 1. The van der Waals surface area contributed by atoms with Crippen LogP contribution in [0, 0.1) is 19.3 Å². The standard InChI is InChI=1S/C16H23NO2/c1-12-5-6-14(9-13(12)2)10-17(3)11-16(15(18)19)7-4-8-16/h5-6,9H,4,7-8,10-11H2,1-3H3,(H,18,19). The number of hydrogen-bond donors (Lipinski definition) is 1. The fraction of sp³-hybridized carbons (Fsp3) is 0.562. The van der Waals surface area contributed by atoms with Gasteiger partial charge in [0, 0.05) is 13.1 Å². The van der Waals surface area contributed by atoms with Gasteiger partial charge >= 0.3 is 5.97 Å². The Balaban J connectivity index is 1.99. The van der Waals surface area contributed by atoms with Crippen molar-refractivity contribution < 1.29 is 9.90 Å². The van der Waals surface area contributed by atoms with Crippen LogP contribution in [0.4, 0.5) is 0 Å². The van der Waals surface area contributed by atoms with Gasteiger partial charge in [0.05, 0.1) is 5.41 Å². The van der Waals surface area contributed by atoms with Gasteiger partial charge in [-0.3, -0.25) is 4.79 Å². The van der Waals surface area contributed by atoms with E-state index in [0.29, 0.717) is 6.54 Å². The summed E-state index contributed by atoms with van der Waals surface area (Å²) in [5, 5.41) is 9.35. The number of nitrogens with zero attached hydrogens (tertiary/aromatic N) is 1. The van der Waals surface area contributed by atoms with Crippen molar-refractivity contribution in [1.82, 2.24) is 4.90 Å². The summed E-state index contributed by atoms with van der Waals surface area (Å²) in [7, 11) is 2.01. The van der Waals surface area contributed by atoms with Crippen molar-refractivity contribution in [3.05, 3.63) is 34.9 Å². The van der Waals surface area contributed by atoms with Crippen molar-refractivity contribution in [2.75, 3.05) is 13.6 Å². The zero-order chi connectivity index (χ0) is 14.0. The SMILES string of the molecule is Cc1ccc(CN(C)CC2(C(=O)O)CCC2)cc1C. The number of benzene rings is 1. The maximum atomic E-state index is 11.4. The number of carboxylic acids is 1. The van der Waals surface area contributed by atoms with Gasteiger partial charge in [0.15, 0.2) is 0 Å². The van der Waals surface area contributed by atoms with Crippen molar-refractivity contribution in [3.63, 3.8) is 0 Å². The predicted octanol–water partition coefficient (Wildman–Crippen LogP) is 2.99. The fourth-order valence-corrected chi connectivity index (χ4v) is 2.83. The second-order valence-corrected chi connectivity index (χ2v) is 6.03. The molecule has 1 aliphatic rings. The highest BCUT2D eigenvalue weighted by Gasteiger charge is 2.44. The van der Waals surface area contributed by atoms with E-state index in [-0.39, 0.29) is 0 Å². The van der Waals surface area contributed by atoms with Gasteiger partial charge in [-0.1, -0.05) is 24.6 Å². The minimum Gasteiger partial charge on any atom is -0.481 e. The fourth-order valence-electron chi connectivity index (χ4n) is 2.83. The van der Waals surface area contributed by atoms with Gasteiger partial charge in [-0.05, 0) is 50.4 Å². The molecule has 2 rings (SSSR count). The Bertz CT molecular complexity index is 478. The average molecular weight is 261 g/mol. The minimum absolute atomic E-state index is 0.492. The number of aryl methyl sites for hydroxylation is 2. The van der Waals surface area contributed by atoms with Crippen molar-refractivity contribution in [2.45, 2.75) is 39.7 Å². The number of hydrogen-bond acceptors (Lipinski definition) is 2. The molecule has 1 N–H and O–H groups in total. The van der Waals surface area contributed by atoms with Gasteiger partial charge in [0.25, 0.3) is 0 Å². The van der Waals surface area contributed by atoms with E-state index in [4.69, 9.17) is 0 Å². The van der Waals surface area contributed by atoms with Gasteiger partial charge in [-0.2, -0.15) is 0 Å². The van der Waals surface area contributed by atoms with Crippen molar-refractivity contribution >= 4 is 5.97 Å². The molecular formula is C16H23NO2. The molecule has 0 atom stereocenters. The monoisotopic (exact) mass is 261 g/mol. The Hall–Kier alpha value is -1.35. The van der Waals surface area contributed by atoms with Crippen LogP contribution in [0.3, 0.4) is 0 Å². The first-order valence-electron chi connectivity index (χ1n) is 6.91. The lowest BCUT2D eigenvalue weighted by Crippen LogP contribution is -2.46. The molecule has 0 radical (unpaired) electrons. The van der Waals surface area contributed by atoms with Gasteiger partial charge in [0.2, 0.25) is 0 Å². The van der Waals surface area contributed by atoms with Crippen LogP contribution in [0.15, 0.2) is 18.2 Å². The maximum Gasteiger partial charge on any atom is 0.310 e. The average Bonchev–Trinajstić information content (AvgIpc) is 2.28. The highest BCUT2D eigenvalue weighted by atomic mass is 16.4. The van der Waals surface area contributed by atoms with Crippen LogP contribution in [0.2, 0.25) is 0 Å². The lowest BCUT2D eigenvalue weighted by atomic mass is 9.68. The first-order chi connectivity index (χ1) is 8.93. The summed E-state index contributed by atoms with van der Waals surface area (Å²) in [6.45, 7) is 5.69. The number of aliphatic carboxylic acids is 1. The summed E-state index contributed by atoms with van der Waals surface area (Å²) in [6, 6.07) is 6.46. The van der Waals surface area contributed by atoms with E-state index in [1.165, 1.54) is 16.7 Å². The summed E-state index contributed by atoms with van der Waals surface area (Å²) in [5.74, 6) is -0.634.